The van der Waals surface area contributed by atoms with Crippen molar-refractivity contribution in [2.24, 2.45) is 0 Å². The number of amides is 1. The first kappa shape index (κ1) is 17.7. The van der Waals surface area contributed by atoms with Crippen molar-refractivity contribution in [3.05, 3.63) is 101 Å². The van der Waals surface area contributed by atoms with Crippen LogP contribution in [0, 0.1) is 13.8 Å². The molecule has 2 aromatic carbocycles. The molecule has 0 saturated heterocycles. The number of fused-ring (bicyclic) bond motifs is 3. The van der Waals surface area contributed by atoms with E-state index in [-0.39, 0.29) is 11.9 Å². The zero-order valence-corrected chi connectivity index (χ0v) is 16.6. The van der Waals surface area contributed by atoms with Crippen LogP contribution in [0.25, 0.3) is 10.9 Å². The van der Waals surface area contributed by atoms with Crippen molar-refractivity contribution in [1.82, 2.24) is 14.9 Å². The van der Waals surface area contributed by atoms with Crippen molar-refractivity contribution in [1.29, 1.82) is 0 Å². The standard InChI is InChI=1S/C25H23N3O/c1-16-7-5-9-18(15-16)24-23-20(19-10-3-4-11-21(19)27-23)13-14-28(24)25(29)22-12-6-8-17(2)26-22/h3-12,15,24,27H,13-14H2,1-2H3/t24-/m1/s1. The molecule has 0 fully saturated rings. The molecule has 0 radical (unpaired) electrons. The molecule has 0 aliphatic carbocycles. The number of aryl methyl sites for hydroxylation is 2. The van der Waals surface area contributed by atoms with Crippen LogP contribution in [0.4, 0.5) is 0 Å². The van der Waals surface area contributed by atoms with Crippen LogP contribution in [-0.2, 0) is 6.42 Å². The predicted molar refractivity (Wildman–Crippen MR) is 115 cm³/mol. The highest BCUT2D eigenvalue weighted by atomic mass is 16.2. The summed E-state index contributed by atoms with van der Waals surface area (Å²) < 4.78 is 0. The van der Waals surface area contributed by atoms with Gasteiger partial charge in [0.15, 0.2) is 0 Å². The largest absolute Gasteiger partial charge is 0.356 e. The van der Waals surface area contributed by atoms with E-state index in [4.69, 9.17) is 0 Å². The van der Waals surface area contributed by atoms with E-state index < -0.39 is 0 Å². The fraction of sp³-hybridized carbons (Fsp3) is 0.200. The Morgan fingerprint density at radius 3 is 2.69 bits per heavy atom. The third kappa shape index (κ3) is 3.01. The summed E-state index contributed by atoms with van der Waals surface area (Å²) >= 11 is 0. The van der Waals surface area contributed by atoms with Crippen LogP contribution in [0.1, 0.15) is 44.6 Å². The van der Waals surface area contributed by atoms with Crippen LogP contribution in [-0.4, -0.2) is 27.3 Å². The van der Waals surface area contributed by atoms with Gasteiger partial charge >= 0.3 is 0 Å². The summed E-state index contributed by atoms with van der Waals surface area (Å²) in [6.45, 7) is 4.68. The molecule has 4 aromatic rings. The summed E-state index contributed by atoms with van der Waals surface area (Å²) in [6, 6.07) is 22.3. The molecule has 144 valence electrons. The molecule has 1 atom stereocenters. The lowest BCUT2D eigenvalue weighted by Crippen LogP contribution is -2.41. The number of pyridine rings is 1. The third-order valence-electron chi connectivity index (χ3n) is 5.76. The third-order valence-corrected chi connectivity index (χ3v) is 5.76. The molecule has 1 aliphatic rings. The van der Waals surface area contributed by atoms with Crippen LogP contribution < -0.4 is 0 Å². The molecular weight excluding hydrogens is 358 g/mol. The second kappa shape index (κ2) is 6.89. The normalized spacial score (nSPS) is 16.1. The SMILES string of the molecule is Cc1cccc([C@@H]2c3[nH]c4ccccc4c3CCN2C(=O)c2cccc(C)n2)c1. The van der Waals surface area contributed by atoms with E-state index in [9.17, 15) is 4.79 Å². The summed E-state index contributed by atoms with van der Waals surface area (Å²) in [5.74, 6) is -0.0236. The molecular formula is C25H23N3O. The van der Waals surface area contributed by atoms with E-state index in [2.05, 4.69) is 59.4 Å². The van der Waals surface area contributed by atoms with Gasteiger partial charge in [-0.1, -0.05) is 54.1 Å². The minimum atomic E-state index is -0.152. The average Bonchev–Trinajstić information content (AvgIpc) is 3.11. The molecule has 0 unspecified atom stereocenters. The Morgan fingerprint density at radius 1 is 1.03 bits per heavy atom. The van der Waals surface area contributed by atoms with Crippen LogP contribution in [0.2, 0.25) is 0 Å². The van der Waals surface area contributed by atoms with Gasteiger partial charge < -0.3 is 9.88 Å². The second-order valence-electron chi connectivity index (χ2n) is 7.79. The van der Waals surface area contributed by atoms with E-state index in [0.29, 0.717) is 12.2 Å². The molecule has 2 aromatic heterocycles. The minimum absolute atomic E-state index is 0.0236. The monoisotopic (exact) mass is 381 g/mol. The molecule has 1 N–H and O–H groups in total. The number of hydrogen-bond donors (Lipinski definition) is 1. The maximum absolute atomic E-state index is 13.5. The fourth-order valence-electron chi connectivity index (χ4n) is 4.46. The van der Waals surface area contributed by atoms with Gasteiger partial charge in [-0.15, -0.1) is 0 Å². The first-order chi connectivity index (χ1) is 14.1. The smallest absolute Gasteiger partial charge is 0.273 e. The van der Waals surface area contributed by atoms with Crippen LogP contribution in [0.15, 0.2) is 66.7 Å². The number of H-pyrrole nitrogens is 1. The summed E-state index contributed by atoms with van der Waals surface area (Å²) in [5, 5.41) is 1.25. The molecule has 1 aliphatic heterocycles. The Kier molecular flexibility index (Phi) is 4.20. The number of nitrogens with zero attached hydrogens (tertiary/aromatic N) is 2. The fourth-order valence-corrected chi connectivity index (χ4v) is 4.46. The van der Waals surface area contributed by atoms with E-state index in [1.807, 2.05) is 36.1 Å². The maximum atomic E-state index is 13.5. The number of carbonyl (C=O) groups is 1. The number of benzene rings is 2. The van der Waals surface area contributed by atoms with Gasteiger partial charge in [-0.3, -0.25) is 4.79 Å². The number of rotatable bonds is 2. The van der Waals surface area contributed by atoms with Gasteiger partial charge in [-0.2, -0.15) is 0 Å². The molecule has 0 saturated carbocycles. The summed E-state index contributed by atoms with van der Waals surface area (Å²) in [4.78, 5) is 23.6. The summed E-state index contributed by atoms with van der Waals surface area (Å²) in [6.07, 6.45) is 0.833. The van der Waals surface area contributed by atoms with Gasteiger partial charge in [0.05, 0.1) is 6.04 Å². The van der Waals surface area contributed by atoms with Gasteiger partial charge in [0.25, 0.3) is 5.91 Å². The van der Waals surface area contributed by atoms with Crippen molar-refractivity contribution in [2.75, 3.05) is 6.54 Å². The molecule has 5 rings (SSSR count). The Labute approximate surface area is 170 Å². The van der Waals surface area contributed by atoms with Crippen molar-refractivity contribution >= 4 is 16.8 Å². The van der Waals surface area contributed by atoms with Crippen molar-refractivity contribution in [3.8, 4) is 0 Å². The number of carbonyl (C=O) groups excluding carboxylic acids is 1. The van der Waals surface area contributed by atoms with Crippen LogP contribution >= 0.6 is 0 Å². The highest BCUT2D eigenvalue weighted by Crippen LogP contribution is 2.39. The molecule has 4 nitrogen and oxygen atoms in total. The van der Waals surface area contributed by atoms with E-state index in [0.717, 1.165) is 28.9 Å². The van der Waals surface area contributed by atoms with E-state index in [1.165, 1.54) is 16.5 Å². The van der Waals surface area contributed by atoms with Crippen molar-refractivity contribution < 1.29 is 4.79 Å². The van der Waals surface area contributed by atoms with E-state index in [1.54, 1.807) is 0 Å². The van der Waals surface area contributed by atoms with Gasteiger partial charge in [0, 0.05) is 28.8 Å². The van der Waals surface area contributed by atoms with Crippen LogP contribution in [0.5, 0.6) is 0 Å². The molecule has 4 heteroatoms. The van der Waals surface area contributed by atoms with Gasteiger partial charge in [0.2, 0.25) is 0 Å². The summed E-state index contributed by atoms with van der Waals surface area (Å²) in [5.41, 5.74) is 7.22. The Morgan fingerprint density at radius 2 is 1.86 bits per heavy atom. The van der Waals surface area contributed by atoms with E-state index >= 15 is 0 Å². The lowest BCUT2D eigenvalue weighted by molar-refractivity contribution is 0.0685. The Bertz CT molecular complexity index is 1220. The first-order valence-corrected chi connectivity index (χ1v) is 10.0. The zero-order chi connectivity index (χ0) is 20.0. The van der Waals surface area contributed by atoms with Gasteiger partial charge in [-0.25, -0.2) is 4.98 Å². The number of aromatic amines is 1. The quantitative estimate of drug-likeness (QED) is 0.533. The Hall–Kier alpha value is -3.40. The van der Waals surface area contributed by atoms with Crippen LogP contribution in [0.3, 0.4) is 0 Å². The van der Waals surface area contributed by atoms with Gasteiger partial charge in [0.1, 0.15) is 5.69 Å². The maximum Gasteiger partial charge on any atom is 0.273 e. The topological polar surface area (TPSA) is 49.0 Å². The lowest BCUT2D eigenvalue weighted by Gasteiger charge is -2.36. The molecule has 29 heavy (non-hydrogen) atoms. The number of nitrogens with one attached hydrogen (secondary N) is 1. The summed E-state index contributed by atoms with van der Waals surface area (Å²) in [7, 11) is 0. The lowest BCUT2D eigenvalue weighted by atomic mass is 9.91. The minimum Gasteiger partial charge on any atom is -0.356 e. The Balaban J connectivity index is 1.68. The number of para-hydroxylation sites is 1. The van der Waals surface area contributed by atoms with Crippen molar-refractivity contribution in [3.63, 3.8) is 0 Å². The highest BCUT2D eigenvalue weighted by molar-refractivity contribution is 5.94. The second-order valence-corrected chi connectivity index (χ2v) is 7.79. The average molecular weight is 381 g/mol. The number of hydrogen-bond acceptors (Lipinski definition) is 2. The first-order valence-electron chi connectivity index (χ1n) is 10.0. The predicted octanol–water partition coefficient (Wildman–Crippen LogP) is 4.97. The molecule has 3 heterocycles. The van der Waals surface area contributed by atoms with Gasteiger partial charge in [-0.05, 0) is 49.6 Å². The molecule has 0 bridgehead atoms. The molecule has 0 spiro atoms. The highest BCUT2D eigenvalue weighted by Gasteiger charge is 2.35. The molecule has 1 amide bonds. The van der Waals surface area contributed by atoms with Crippen molar-refractivity contribution in [2.45, 2.75) is 26.3 Å². The number of aromatic nitrogens is 2. The zero-order valence-electron chi connectivity index (χ0n) is 16.6.